The summed E-state index contributed by atoms with van der Waals surface area (Å²) < 4.78 is 5.44. The second kappa shape index (κ2) is 4.58. The van der Waals surface area contributed by atoms with Crippen LogP contribution in [-0.2, 0) is 0 Å². The maximum atomic E-state index is 5.44. The fourth-order valence-corrected chi connectivity index (χ4v) is 2.77. The van der Waals surface area contributed by atoms with Crippen molar-refractivity contribution in [2.45, 2.75) is 52.1 Å². The zero-order valence-electron chi connectivity index (χ0n) is 10.7. The average molecular weight is 222 g/mol. The first kappa shape index (κ1) is 11.6. The van der Waals surface area contributed by atoms with Gasteiger partial charge in [-0.2, -0.15) is 0 Å². The molecule has 2 rings (SSSR count). The third-order valence-electron chi connectivity index (χ3n) is 3.67. The van der Waals surface area contributed by atoms with Crippen LogP contribution in [0.3, 0.4) is 0 Å². The van der Waals surface area contributed by atoms with Crippen LogP contribution in [0.1, 0.15) is 45.8 Å². The summed E-state index contributed by atoms with van der Waals surface area (Å²) in [5.41, 5.74) is 0. The van der Waals surface area contributed by atoms with Crippen molar-refractivity contribution in [3.63, 3.8) is 0 Å². The molecule has 2 heterocycles. The first-order chi connectivity index (χ1) is 7.59. The fourth-order valence-electron chi connectivity index (χ4n) is 2.77. The zero-order valence-corrected chi connectivity index (χ0v) is 10.7. The van der Waals surface area contributed by atoms with Gasteiger partial charge in [-0.15, -0.1) is 0 Å². The quantitative estimate of drug-likeness (QED) is 0.787. The van der Waals surface area contributed by atoms with Gasteiger partial charge in [0.25, 0.3) is 0 Å². The predicted molar refractivity (Wildman–Crippen MR) is 64.3 cm³/mol. The molecule has 1 aromatic heterocycles. The molecule has 0 aliphatic carbocycles. The highest BCUT2D eigenvalue weighted by atomic mass is 16.3. The standard InChI is InChI=1S/C13H22N2O/c1-9(2)12-5-11(7-15(12)10(3)4)13-6-14-8-16-13/h6,8-12H,5,7H2,1-4H3/t11?,12-/m0/s1. The molecule has 0 amide bonds. The van der Waals surface area contributed by atoms with E-state index in [0.29, 0.717) is 23.9 Å². The number of nitrogens with zero attached hydrogens (tertiary/aromatic N) is 2. The van der Waals surface area contributed by atoms with Gasteiger partial charge in [0.2, 0.25) is 0 Å². The Morgan fingerprint density at radius 2 is 2.12 bits per heavy atom. The molecular weight excluding hydrogens is 200 g/mol. The Balaban J connectivity index is 2.12. The van der Waals surface area contributed by atoms with Crippen LogP contribution in [0.4, 0.5) is 0 Å². The third kappa shape index (κ3) is 2.14. The SMILES string of the molecule is CC(C)[C@@H]1CC(c2cnco2)CN1C(C)C. The lowest BCUT2D eigenvalue weighted by Gasteiger charge is -2.30. The zero-order chi connectivity index (χ0) is 11.7. The van der Waals surface area contributed by atoms with Crippen LogP contribution in [0, 0.1) is 5.92 Å². The molecule has 3 nitrogen and oxygen atoms in total. The maximum Gasteiger partial charge on any atom is 0.180 e. The molecule has 0 saturated carbocycles. The fraction of sp³-hybridized carbons (Fsp3) is 0.769. The van der Waals surface area contributed by atoms with Gasteiger partial charge in [0.05, 0.1) is 6.20 Å². The van der Waals surface area contributed by atoms with Crippen molar-refractivity contribution < 1.29 is 4.42 Å². The minimum absolute atomic E-state index is 0.525. The van der Waals surface area contributed by atoms with Gasteiger partial charge in [0.1, 0.15) is 5.76 Å². The molecule has 1 unspecified atom stereocenters. The van der Waals surface area contributed by atoms with E-state index in [4.69, 9.17) is 4.42 Å². The third-order valence-corrected chi connectivity index (χ3v) is 3.67. The minimum Gasteiger partial charge on any atom is -0.448 e. The number of oxazole rings is 1. The van der Waals surface area contributed by atoms with E-state index in [2.05, 4.69) is 37.6 Å². The van der Waals surface area contributed by atoms with E-state index in [1.54, 1.807) is 0 Å². The first-order valence-corrected chi connectivity index (χ1v) is 6.23. The second-order valence-electron chi connectivity index (χ2n) is 5.44. The van der Waals surface area contributed by atoms with E-state index in [-0.39, 0.29) is 0 Å². The smallest absolute Gasteiger partial charge is 0.180 e. The van der Waals surface area contributed by atoms with Gasteiger partial charge in [-0.05, 0) is 26.2 Å². The maximum absolute atomic E-state index is 5.44. The summed E-state index contributed by atoms with van der Waals surface area (Å²) in [4.78, 5) is 6.62. The molecule has 1 aliphatic heterocycles. The van der Waals surface area contributed by atoms with E-state index in [1.165, 1.54) is 12.8 Å². The second-order valence-corrected chi connectivity index (χ2v) is 5.44. The highest BCUT2D eigenvalue weighted by Crippen LogP contribution is 2.35. The number of likely N-dealkylation sites (tertiary alicyclic amines) is 1. The summed E-state index contributed by atoms with van der Waals surface area (Å²) in [7, 11) is 0. The lowest BCUT2D eigenvalue weighted by atomic mass is 9.96. The van der Waals surface area contributed by atoms with Crippen molar-refractivity contribution in [3.8, 4) is 0 Å². The molecule has 1 aliphatic rings. The molecular formula is C13H22N2O. The Morgan fingerprint density at radius 1 is 1.38 bits per heavy atom. The Morgan fingerprint density at radius 3 is 2.56 bits per heavy atom. The molecule has 16 heavy (non-hydrogen) atoms. The van der Waals surface area contributed by atoms with Crippen LogP contribution in [0.5, 0.6) is 0 Å². The average Bonchev–Trinajstić information content (AvgIpc) is 2.86. The summed E-state index contributed by atoms with van der Waals surface area (Å²) in [5.74, 6) is 2.28. The van der Waals surface area contributed by atoms with Crippen molar-refractivity contribution in [3.05, 3.63) is 18.4 Å². The number of rotatable bonds is 3. The monoisotopic (exact) mass is 222 g/mol. The molecule has 90 valence electrons. The van der Waals surface area contributed by atoms with Crippen molar-refractivity contribution in [2.75, 3.05) is 6.54 Å². The molecule has 2 atom stereocenters. The molecule has 3 heteroatoms. The predicted octanol–water partition coefficient (Wildman–Crippen LogP) is 2.90. The van der Waals surface area contributed by atoms with E-state index in [9.17, 15) is 0 Å². The van der Waals surface area contributed by atoms with E-state index < -0.39 is 0 Å². The summed E-state index contributed by atoms with van der Waals surface area (Å²) in [6, 6.07) is 1.29. The van der Waals surface area contributed by atoms with E-state index >= 15 is 0 Å². The molecule has 0 N–H and O–H groups in total. The molecule has 0 spiro atoms. The van der Waals surface area contributed by atoms with Gasteiger partial charge in [-0.1, -0.05) is 13.8 Å². The first-order valence-electron chi connectivity index (χ1n) is 6.23. The molecule has 0 bridgehead atoms. The van der Waals surface area contributed by atoms with Crippen LogP contribution in [0.25, 0.3) is 0 Å². The van der Waals surface area contributed by atoms with Crippen molar-refractivity contribution >= 4 is 0 Å². The molecule has 1 aromatic rings. The van der Waals surface area contributed by atoms with Crippen LogP contribution in [-0.4, -0.2) is 28.5 Å². The topological polar surface area (TPSA) is 29.3 Å². The lowest BCUT2D eigenvalue weighted by Crippen LogP contribution is -2.38. The minimum atomic E-state index is 0.525. The highest BCUT2D eigenvalue weighted by molar-refractivity contribution is 5.06. The van der Waals surface area contributed by atoms with Gasteiger partial charge < -0.3 is 4.42 Å². The largest absolute Gasteiger partial charge is 0.448 e. The number of hydrogen-bond acceptors (Lipinski definition) is 3. The Labute approximate surface area is 97.8 Å². The number of hydrogen-bond donors (Lipinski definition) is 0. The Hall–Kier alpha value is -0.830. The van der Waals surface area contributed by atoms with Crippen molar-refractivity contribution in [1.82, 2.24) is 9.88 Å². The van der Waals surface area contributed by atoms with Crippen molar-refractivity contribution in [2.24, 2.45) is 5.92 Å². The summed E-state index contributed by atoms with van der Waals surface area (Å²) >= 11 is 0. The molecule has 0 aromatic carbocycles. The molecule has 1 saturated heterocycles. The highest BCUT2D eigenvalue weighted by Gasteiger charge is 2.37. The van der Waals surface area contributed by atoms with Crippen LogP contribution < -0.4 is 0 Å². The van der Waals surface area contributed by atoms with E-state index in [0.717, 1.165) is 12.3 Å². The van der Waals surface area contributed by atoms with Gasteiger partial charge >= 0.3 is 0 Å². The summed E-state index contributed by atoms with van der Waals surface area (Å²) in [5, 5.41) is 0. The normalized spacial score (nSPS) is 27.1. The molecule has 1 fully saturated rings. The number of aromatic nitrogens is 1. The van der Waals surface area contributed by atoms with Crippen LogP contribution in [0.15, 0.2) is 17.0 Å². The lowest BCUT2D eigenvalue weighted by molar-refractivity contribution is 0.165. The van der Waals surface area contributed by atoms with Crippen LogP contribution >= 0.6 is 0 Å². The van der Waals surface area contributed by atoms with Gasteiger partial charge in [0.15, 0.2) is 6.39 Å². The Bertz CT molecular complexity index is 303. The Kier molecular flexibility index (Phi) is 3.33. The molecule has 0 radical (unpaired) electrons. The van der Waals surface area contributed by atoms with Gasteiger partial charge in [-0.3, -0.25) is 4.90 Å². The van der Waals surface area contributed by atoms with Crippen LogP contribution in [0.2, 0.25) is 0 Å². The van der Waals surface area contributed by atoms with Gasteiger partial charge in [0, 0.05) is 24.5 Å². The summed E-state index contributed by atoms with van der Waals surface area (Å²) in [6.45, 7) is 10.3. The van der Waals surface area contributed by atoms with Gasteiger partial charge in [-0.25, -0.2) is 4.98 Å². The summed E-state index contributed by atoms with van der Waals surface area (Å²) in [6.07, 6.45) is 4.61. The van der Waals surface area contributed by atoms with Crippen molar-refractivity contribution in [1.29, 1.82) is 0 Å². The van der Waals surface area contributed by atoms with E-state index in [1.807, 2.05) is 6.20 Å².